The summed E-state index contributed by atoms with van der Waals surface area (Å²) >= 11 is 0. The molecule has 10 nitrogen and oxygen atoms in total. The molecule has 2 fully saturated rings. The Morgan fingerprint density at radius 3 is 2.44 bits per heavy atom. The molecule has 2 N–H and O–H groups in total. The van der Waals surface area contributed by atoms with E-state index in [9.17, 15) is 4.79 Å². The fourth-order valence-electron chi connectivity index (χ4n) is 5.35. The number of anilines is 3. The first kappa shape index (κ1) is 22.6. The number of oxazole rings is 1. The van der Waals surface area contributed by atoms with Gasteiger partial charge in [0.25, 0.3) is 11.9 Å². The van der Waals surface area contributed by atoms with Crippen LogP contribution in [0.25, 0.3) is 11.2 Å². The van der Waals surface area contributed by atoms with Crippen molar-refractivity contribution in [2.24, 2.45) is 5.73 Å². The number of fused-ring (bicyclic) bond motifs is 1. The average Bonchev–Trinajstić information content (AvgIpc) is 3.54. The van der Waals surface area contributed by atoms with E-state index in [1.54, 1.807) is 12.4 Å². The molecule has 0 saturated carbocycles. The van der Waals surface area contributed by atoms with Gasteiger partial charge in [0, 0.05) is 50.2 Å². The Hall–Kier alpha value is -3.82. The van der Waals surface area contributed by atoms with Gasteiger partial charge in [0.2, 0.25) is 11.9 Å². The van der Waals surface area contributed by atoms with Gasteiger partial charge in [-0.15, -0.1) is 0 Å². The summed E-state index contributed by atoms with van der Waals surface area (Å²) in [5, 5.41) is 0. The highest BCUT2D eigenvalue weighted by atomic mass is 16.5. The highest BCUT2D eigenvalue weighted by Gasteiger charge is 2.37. The Morgan fingerprint density at radius 1 is 1.03 bits per heavy atom. The molecule has 0 aromatic carbocycles. The molecule has 3 aromatic rings. The molecule has 10 heteroatoms. The van der Waals surface area contributed by atoms with Crippen molar-refractivity contribution in [3.05, 3.63) is 47.6 Å². The standard InChI is InChI=1S/C26H31N7O3/c1-17-15-28-9-8-18(17)25-33(20(16-35-25)22(27)34)19-14-21-23(29-24(19)31-10-4-2-5-11-31)30-26(36-21)32-12-6-3-7-13-32/h8-9,14-16,25H,2-7,10-13H2,1H3,(H2,27,34). The van der Waals surface area contributed by atoms with Gasteiger partial charge >= 0.3 is 0 Å². The second-order valence-electron chi connectivity index (χ2n) is 9.70. The molecule has 0 radical (unpaired) electrons. The summed E-state index contributed by atoms with van der Waals surface area (Å²) in [5.41, 5.74) is 9.81. The number of nitrogens with zero attached hydrogens (tertiary/aromatic N) is 6. The van der Waals surface area contributed by atoms with Gasteiger partial charge in [0.05, 0.1) is 5.69 Å². The van der Waals surface area contributed by atoms with Crippen LogP contribution in [0, 0.1) is 6.92 Å². The van der Waals surface area contributed by atoms with Crippen LogP contribution in [0.3, 0.4) is 0 Å². The molecule has 36 heavy (non-hydrogen) atoms. The first-order chi connectivity index (χ1) is 17.6. The van der Waals surface area contributed by atoms with Gasteiger partial charge in [-0.05, 0) is 57.1 Å². The number of carbonyl (C=O) groups excluding carboxylic acids is 1. The lowest BCUT2D eigenvalue weighted by Gasteiger charge is -2.34. The number of hydrogen-bond acceptors (Lipinski definition) is 9. The summed E-state index contributed by atoms with van der Waals surface area (Å²) in [6, 6.07) is 4.44. The quantitative estimate of drug-likeness (QED) is 0.572. The molecule has 6 rings (SSSR count). The third-order valence-electron chi connectivity index (χ3n) is 7.26. The predicted molar refractivity (Wildman–Crippen MR) is 136 cm³/mol. The van der Waals surface area contributed by atoms with E-state index < -0.39 is 12.1 Å². The molecular formula is C26H31N7O3. The first-order valence-electron chi connectivity index (χ1n) is 12.8. The maximum Gasteiger partial charge on any atom is 0.299 e. The van der Waals surface area contributed by atoms with E-state index in [0.29, 0.717) is 17.2 Å². The normalized spacial score (nSPS) is 20.5. The van der Waals surface area contributed by atoms with E-state index in [1.165, 1.54) is 19.1 Å². The van der Waals surface area contributed by atoms with Crippen LogP contribution in [0.1, 0.15) is 55.9 Å². The number of aryl methyl sites for hydroxylation is 1. The van der Waals surface area contributed by atoms with E-state index in [4.69, 9.17) is 24.9 Å². The Balaban J connectivity index is 1.50. The molecule has 3 aromatic heterocycles. The maximum absolute atomic E-state index is 12.6. The predicted octanol–water partition coefficient (Wildman–Crippen LogP) is 3.77. The van der Waals surface area contributed by atoms with Crippen molar-refractivity contribution < 1.29 is 13.9 Å². The zero-order valence-corrected chi connectivity index (χ0v) is 20.5. The number of primary amides is 1. The Kier molecular flexibility index (Phi) is 5.86. The topological polar surface area (TPSA) is 114 Å². The van der Waals surface area contributed by atoms with Crippen molar-refractivity contribution in [3.63, 3.8) is 0 Å². The fraction of sp³-hybridized carbons (Fsp3) is 0.462. The number of pyridine rings is 2. The van der Waals surface area contributed by atoms with Crippen molar-refractivity contribution in [2.45, 2.75) is 51.7 Å². The van der Waals surface area contributed by atoms with Crippen LogP contribution >= 0.6 is 0 Å². The third-order valence-corrected chi connectivity index (χ3v) is 7.26. The fourth-order valence-corrected chi connectivity index (χ4v) is 5.35. The summed E-state index contributed by atoms with van der Waals surface area (Å²) in [4.78, 5) is 32.8. The Morgan fingerprint density at radius 2 is 1.75 bits per heavy atom. The SMILES string of the molecule is Cc1cnccc1C1OC=C(C(N)=O)N1c1cc2oc(N3CCCCC3)nc2nc1N1CCCCC1. The molecule has 0 bridgehead atoms. The molecule has 0 spiro atoms. The zero-order chi connectivity index (χ0) is 24.6. The molecule has 1 amide bonds. The van der Waals surface area contributed by atoms with Gasteiger partial charge < -0.3 is 24.7 Å². The Labute approximate surface area is 209 Å². The van der Waals surface area contributed by atoms with Gasteiger partial charge in [-0.2, -0.15) is 4.98 Å². The number of rotatable bonds is 5. The summed E-state index contributed by atoms with van der Waals surface area (Å²) < 4.78 is 12.3. The van der Waals surface area contributed by atoms with Crippen LogP contribution in [-0.2, 0) is 9.53 Å². The van der Waals surface area contributed by atoms with Crippen molar-refractivity contribution in [1.82, 2.24) is 15.0 Å². The summed E-state index contributed by atoms with van der Waals surface area (Å²) in [6.45, 7) is 5.59. The molecule has 3 aliphatic rings. The molecular weight excluding hydrogens is 458 g/mol. The molecule has 1 unspecified atom stereocenters. The number of carbonyl (C=O) groups is 1. The van der Waals surface area contributed by atoms with Crippen LogP contribution in [0.4, 0.5) is 17.5 Å². The number of ether oxygens (including phenoxy) is 1. The van der Waals surface area contributed by atoms with Crippen LogP contribution in [0.15, 0.2) is 40.9 Å². The highest BCUT2D eigenvalue weighted by molar-refractivity contribution is 5.98. The lowest BCUT2D eigenvalue weighted by molar-refractivity contribution is -0.114. The maximum atomic E-state index is 12.6. The van der Waals surface area contributed by atoms with Gasteiger partial charge in [-0.3, -0.25) is 14.7 Å². The minimum Gasteiger partial charge on any atom is -0.471 e. The second-order valence-corrected chi connectivity index (χ2v) is 9.70. The summed E-state index contributed by atoms with van der Waals surface area (Å²) in [7, 11) is 0. The third kappa shape index (κ3) is 4.00. The zero-order valence-electron chi connectivity index (χ0n) is 20.5. The summed E-state index contributed by atoms with van der Waals surface area (Å²) in [6.07, 6.45) is 11.2. The lowest BCUT2D eigenvalue weighted by atomic mass is 10.1. The number of nitrogens with two attached hydrogens (primary N) is 1. The molecule has 2 saturated heterocycles. The minimum absolute atomic E-state index is 0.270. The molecule has 188 valence electrons. The molecule has 6 heterocycles. The molecule has 0 aliphatic carbocycles. The number of amides is 1. The Bertz CT molecular complexity index is 1310. The number of piperidine rings is 2. The van der Waals surface area contributed by atoms with Crippen molar-refractivity contribution in [2.75, 3.05) is 40.9 Å². The summed E-state index contributed by atoms with van der Waals surface area (Å²) in [5.74, 6) is 0.190. The second kappa shape index (κ2) is 9.33. The van der Waals surface area contributed by atoms with E-state index in [2.05, 4.69) is 14.8 Å². The van der Waals surface area contributed by atoms with Gasteiger partial charge in [0.15, 0.2) is 11.4 Å². The van der Waals surface area contributed by atoms with Crippen LogP contribution in [0.5, 0.6) is 0 Å². The highest BCUT2D eigenvalue weighted by Crippen LogP contribution is 2.44. The molecule has 3 aliphatic heterocycles. The van der Waals surface area contributed by atoms with E-state index >= 15 is 0 Å². The van der Waals surface area contributed by atoms with Crippen LogP contribution in [0.2, 0.25) is 0 Å². The minimum atomic E-state index is -0.581. The van der Waals surface area contributed by atoms with Crippen LogP contribution < -0.4 is 20.4 Å². The monoisotopic (exact) mass is 489 g/mol. The first-order valence-corrected chi connectivity index (χ1v) is 12.8. The average molecular weight is 490 g/mol. The van der Waals surface area contributed by atoms with Crippen molar-refractivity contribution in [3.8, 4) is 0 Å². The lowest BCUT2D eigenvalue weighted by Crippen LogP contribution is -2.35. The van der Waals surface area contributed by atoms with E-state index in [0.717, 1.165) is 74.5 Å². The number of hydrogen-bond donors (Lipinski definition) is 1. The largest absolute Gasteiger partial charge is 0.471 e. The van der Waals surface area contributed by atoms with Crippen molar-refractivity contribution >= 4 is 34.7 Å². The van der Waals surface area contributed by atoms with E-state index in [-0.39, 0.29) is 5.70 Å². The van der Waals surface area contributed by atoms with Gasteiger partial charge in [-0.1, -0.05) is 0 Å². The van der Waals surface area contributed by atoms with Crippen molar-refractivity contribution in [1.29, 1.82) is 0 Å². The van der Waals surface area contributed by atoms with Gasteiger partial charge in [0.1, 0.15) is 12.0 Å². The smallest absolute Gasteiger partial charge is 0.299 e. The van der Waals surface area contributed by atoms with Crippen LogP contribution in [-0.4, -0.2) is 47.0 Å². The van der Waals surface area contributed by atoms with Gasteiger partial charge in [-0.25, -0.2) is 4.98 Å². The number of aromatic nitrogens is 3. The van der Waals surface area contributed by atoms with E-state index in [1.807, 2.05) is 24.0 Å². The molecule has 1 atom stereocenters.